The van der Waals surface area contributed by atoms with Crippen molar-refractivity contribution in [3.05, 3.63) is 18.2 Å². The van der Waals surface area contributed by atoms with Crippen LogP contribution in [0.3, 0.4) is 0 Å². The van der Waals surface area contributed by atoms with Crippen molar-refractivity contribution < 1.29 is 14.6 Å². The molecule has 0 aliphatic carbocycles. The highest BCUT2D eigenvalue weighted by Crippen LogP contribution is 2.12. The quantitative estimate of drug-likeness (QED) is 0.536. The summed E-state index contributed by atoms with van der Waals surface area (Å²) in [5, 5.41) is 17.8. The number of thioether (sulfide) groups is 1. The number of halogens is 1. The fraction of sp³-hybridized carbons (Fsp3) is 0.429. The first-order valence-electron chi connectivity index (χ1n) is 3.61. The lowest BCUT2D eigenvalue weighted by molar-refractivity contribution is 0.113. The number of hydrogen-bond acceptors (Lipinski definition) is 5. The molecule has 13 heavy (non-hydrogen) atoms. The summed E-state index contributed by atoms with van der Waals surface area (Å²) < 4.78 is 12.3. The van der Waals surface area contributed by atoms with Gasteiger partial charge in [0.15, 0.2) is 11.0 Å². The van der Waals surface area contributed by atoms with Gasteiger partial charge in [-0.3, -0.25) is 0 Å². The third-order valence-electron chi connectivity index (χ3n) is 1.21. The van der Waals surface area contributed by atoms with Gasteiger partial charge in [-0.15, -0.1) is 0 Å². The molecule has 0 aromatic carbocycles. The highest BCUT2D eigenvalue weighted by atomic mass is 32.2. The van der Waals surface area contributed by atoms with E-state index in [0.29, 0.717) is 10.9 Å². The van der Waals surface area contributed by atoms with E-state index in [1.165, 1.54) is 0 Å². The number of aromatic nitrogens is 2. The largest absolute Gasteiger partial charge is 0.394 e. The van der Waals surface area contributed by atoms with Gasteiger partial charge in [0.2, 0.25) is 0 Å². The van der Waals surface area contributed by atoms with Crippen molar-refractivity contribution in [1.82, 2.24) is 9.97 Å². The summed E-state index contributed by atoms with van der Waals surface area (Å²) in [5.74, 6) is -0.200. The molecule has 0 bridgehead atoms. The van der Waals surface area contributed by atoms with Gasteiger partial charge in [0.25, 0.3) is 0 Å². The van der Waals surface area contributed by atoms with Crippen LogP contribution in [-0.2, 0) is 0 Å². The molecule has 1 atom stereocenters. The van der Waals surface area contributed by atoms with Gasteiger partial charge in [0, 0.05) is 5.75 Å². The number of aliphatic hydroxyl groups is 2. The molecule has 0 saturated heterocycles. The molecule has 6 heteroatoms. The van der Waals surface area contributed by atoms with Crippen LogP contribution < -0.4 is 0 Å². The molecule has 2 N–H and O–H groups in total. The van der Waals surface area contributed by atoms with E-state index in [1.54, 1.807) is 0 Å². The summed E-state index contributed by atoms with van der Waals surface area (Å²) in [6.45, 7) is -0.297. The maximum atomic E-state index is 12.3. The minimum Gasteiger partial charge on any atom is -0.394 e. The van der Waals surface area contributed by atoms with Gasteiger partial charge >= 0.3 is 0 Å². The zero-order valence-corrected chi connectivity index (χ0v) is 7.54. The van der Waals surface area contributed by atoms with Crippen LogP contribution in [0.2, 0.25) is 0 Å². The summed E-state index contributed by atoms with van der Waals surface area (Å²) in [7, 11) is 0. The molecule has 0 saturated carbocycles. The molecule has 1 unspecified atom stereocenters. The molecule has 1 rings (SSSR count). The van der Waals surface area contributed by atoms with Crippen molar-refractivity contribution in [2.45, 2.75) is 11.3 Å². The Bertz CT molecular complexity index is 257. The molecule has 0 spiro atoms. The van der Waals surface area contributed by atoms with Crippen LogP contribution in [-0.4, -0.2) is 38.6 Å². The van der Waals surface area contributed by atoms with E-state index in [0.717, 1.165) is 24.2 Å². The lowest BCUT2D eigenvalue weighted by Crippen LogP contribution is -2.14. The molecule has 0 fully saturated rings. The van der Waals surface area contributed by atoms with E-state index >= 15 is 0 Å². The zero-order valence-electron chi connectivity index (χ0n) is 6.72. The maximum absolute atomic E-state index is 12.3. The van der Waals surface area contributed by atoms with Crippen molar-refractivity contribution in [2.24, 2.45) is 0 Å². The van der Waals surface area contributed by atoms with Crippen LogP contribution >= 0.6 is 11.8 Å². The van der Waals surface area contributed by atoms with Crippen molar-refractivity contribution in [2.75, 3.05) is 12.4 Å². The Balaban J connectivity index is 2.41. The average Bonchev–Trinajstić information content (AvgIpc) is 2.16. The van der Waals surface area contributed by atoms with E-state index in [4.69, 9.17) is 10.2 Å². The molecule has 1 heterocycles. The number of nitrogens with zero attached hydrogens (tertiary/aromatic N) is 2. The first-order valence-corrected chi connectivity index (χ1v) is 4.60. The lowest BCUT2D eigenvalue weighted by atomic mass is 10.4. The molecule has 1 aromatic rings. The molecule has 4 nitrogen and oxygen atoms in total. The van der Waals surface area contributed by atoms with Gasteiger partial charge in [-0.25, -0.2) is 14.4 Å². The topological polar surface area (TPSA) is 66.2 Å². The fourth-order valence-corrected chi connectivity index (χ4v) is 1.30. The Morgan fingerprint density at radius 3 is 2.62 bits per heavy atom. The van der Waals surface area contributed by atoms with Crippen molar-refractivity contribution >= 4 is 11.8 Å². The van der Waals surface area contributed by atoms with Gasteiger partial charge in [-0.05, 0) is 0 Å². The fourth-order valence-electron chi connectivity index (χ4n) is 0.598. The molecule has 72 valence electrons. The van der Waals surface area contributed by atoms with Crippen molar-refractivity contribution in [1.29, 1.82) is 0 Å². The third-order valence-corrected chi connectivity index (χ3v) is 2.23. The van der Waals surface area contributed by atoms with Crippen molar-refractivity contribution in [3.8, 4) is 0 Å². The zero-order chi connectivity index (χ0) is 9.68. The Kier molecular flexibility index (Phi) is 4.07. The minimum atomic E-state index is -0.793. The van der Waals surface area contributed by atoms with Gasteiger partial charge in [-0.1, -0.05) is 11.8 Å². The number of hydrogen-bond donors (Lipinski definition) is 2. The van der Waals surface area contributed by atoms with E-state index in [9.17, 15) is 4.39 Å². The van der Waals surface area contributed by atoms with E-state index in [1.807, 2.05) is 0 Å². The molecular formula is C7H9FN2O2S. The highest BCUT2D eigenvalue weighted by Gasteiger charge is 2.04. The molecular weight excluding hydrogens is 195 g/mol. The Morgan fingerprint density at radius 1 is 1.46 bits per heavy atom. The van der Waals surface area contributed by atoms with Crippen LogP contribution in [0.1, 0.15) is 0 Å². The van der Waals surface area contributed by atoms with Crippen LogP contribution in [0, 0.1) is 5.82 Å². The van der Waals surface area contributed by atoms with Gasteiger partial charge in [-0.2, -0.15) is 0 Å². The average molecular weight is 204 g/mol. The Hall–Kier alpha value is -0.720. The number of rotatable bonds is 4. The van der Waals surface area contributed by atoms with E-state index in [-0.39, 0.29) is 6.61 Å². The molecule has 0 amide bonds. The van der Waals surface area contributed by atoms with Crippen LogP contribution in [0.5, 0.6) is 0 Å². The number of aliphatic hydroxyl groups excluding tert-OH is 2. The predicted molar refractivity (Wildman–Crippen MR) is 45.8 cm³/mol. The van der Waals surface area contributed by atoms with Crippen LogP contribution in [0.15, 0.2) is 17.6 Å². The Labute approximate surface area is 78.8 Å². The smallest absolute Gasteiger partial charge is 0.187 e. The molecule has 1 aromatic heterocycles. The summed E-state index contributed by atoms with van der Waals surface area (Å²) in [6.07, 6.45) is 1.32. The Morgan fingerprint density at radius 2 is 2.08 bits per heavy atom. The van der Waals surface area contributed by atoms with E-state index in [2.05, 4.69) is 9.97 Å². The van der Waals surface area contributed by atoms with Gasteiger partial charge in [0.05, 0.1) is 25.1 Å². The second-order valence-corrected chi connectivity index (χ2v) is 3.32. The monoisotopic (exact) mass is 204 g/mol. The summed E-state index contributed by atoms with van der Waals surface area (Å²) in [4.78, 5) is 7.34. The molecule has 0 radical (unpaired) electrons. The maximum Gasteiger partial charge on any atom is 0.187 e. The molecule has 0 aliphatic heterocycles. The van der Waals surface area contributed by atoms with Gasteiger partial charge < -0.3 is 10.2 Å². The summed E-state index contributed by atoms with van der Waals surface area (Å²) >= 11 is 1.16. The normalized spacial score (nSPS) is 12.8. The SMILES string of the molecule is OCC(O)CSc1ncc(F)cn1. The predicted octanol–water partition coefficient (Wildman–Crippen LogP) is 0.0610. The van der Waals surface area contributed by atoms with Gasteiger partial charge in [0.1, 0.15) is 0 Å². The van der Waals surface area contributed by atoms with Crippen LogP contribution in [0.4, 0.5) is 4.39 Å². The standard InChI is InChI=1S/C7H9FN2O2S/c8-5-1-9-7(10-2-5)13-4-6(12)3-11/h1-2,6,11-12H,3-4H2. The lowest BCUT2D eigenvalue weighted by Gasteiger charge is -2.04. The third kappa shape index (κ3) is 3.67. The van der Waals surface area contributed by atoms with Crippen LogP contribution in [0.25, 0.3) is 0 Å². The summed E-state index contributed by atoms with van der Waals surface area (Å²) in [6, 6.07) is 0. The summed E-state index contributed by atoms with van der Waals surface area (Å²) in [5.41, 5.74) is 0. The second-order valence-electron chi connectivity index (χ2n) is 2.33. The van der Waals surface area contributed by atoms with E-state index < -0.39 is 11.9 Å². The first kappa shape index (κ1) is 10.4. The minimum absolute atomic E-state index is 0.294. The second kappa shape index (κ2) is 5.11. The molecule has 0 aliphatic rings. The van der Waals surface area contributed by atoms with Crippen molar-refractivity contribution in [3.63, 3.8) is 0 Å². The highest BCUT2D eigenvalue weighted by molar-refractivity contribution is 7.99. The first-order chi connectivity index (χ1) is 6.22.